The van der Waals surface area contributed by atoms with Gasteiger partial charge in [0.05, 0.1) is 0 Å². The number of benzene rings is 2. The van der Waals surface area contributed by atoms with Crippen LogP contribution in [0, 0.1) is 0 Å². The number of rotatable bonds is 3. The number of nitrogen functional groups attached to an aromatic ring is 1. The molecule has 5 heteroatoms. The number of primary amides is 1. The van der Waals surface area contributed by atoms with Crippen LogP contribution in [0.3, 0.4) is 0 Å². The van der Waals surface area contributed by atoms with Gasteiger partial charge in [-0.3, -0.25) is 9.78 Å². The Bertz CT molecular complexity index is 813. The van der Waals surface area contributed by atoms with Crippen LogP contribution in [0.1, 0.15) is 10.4 Å². The number of hydrogen-bond donors (Lipinski definition) is 2. The summed E-state index contributed by atoms with van der Waals surface area (Å²) in [6.07, 6.45) is 3.39. The Balaban J connectivity index is 1.98. The van der Waals surface area contributed by atoms with E-state index in [0.29, 0.717) is 22.7 Å². The van der Waals surface area contributed by atoms with Gasteiger partial charge in [-0.15, -0.1) is 0 Å². The molecule has 21 heavy (non-hydrogen) atoms. The Morgan fingerprint density at radius 1 is 1.00 bits per heavy atom. The van der Waals surface area contributed by atoms with Gasteiger partial charge in [0.25, 0.3) is 0 Å². The van der Waals surface area contributed by atoms with Crippen LogP contribution >= 0.6 is 0 Å². The standard InChI is InChI=1S/C16H13N3O2/c17-14-5-6-15(13-9-19-8-7-12(13)14)21-11-3-1-10(2-4-11)16(18)20/h1-9H,17H2,(H2,18,20). The Morgan fingerprint density at radius 3 is 2.48 bits per heavy atom. The Hall–Kier alpha value is -3.08. The highest BCUT2D eigenvalue weighted by Gasteiger charge is 2.07. The van der Waals surface area contributed by atoms with Crippen molar-refractivity contribution in [3.05, 3.63) is 60.4 Å². The molecular formula is C16H13N3O2. The number of ether oxygens (including phenoxy) is 1. The Morgan fingerprint density at radius 2 is 1.76 bits per heavy atom. The summed E-state index contributed by atoms with van der Waals surface area (Å²) in [6.45, 7) is 0. The van der Waals surface area contributed by atoms with Gasteiger partial charge in [-0.05, 0) is 42.5 Å². The van der Waals surface area contributed by atoms with E-state index in [-0.39, 0.29) is 0 Å². The van der Waals surface area contributed by atoms with Crippen molar-refractivity contribution >= 4 is 22.4 Å². The molecule has 0 bridgehead atoms. The molecule has 0 radical (unpaired) electrons. The summed E-state index contributed by atoms with van der Waals surface area (Å²) in [6, 6.07) is 12.0. The van der Waals surface area contributed by atoms with Crippen LogP contribution in [-0.4, -0.2) is 10.9 Å². The minimum absolute atomic E-state index is 0.436. The predicted octanol–water partition coefficient (Wildman–Crippen LogP) is 2.71. The van der Waals surface area contributed by atoms with Crippen molar-refractivity contribution in [3.63, 3.8) is 0 Å². The van der Waals surface area contributed by atoms with E-state index in [0.717, 1.165) is 10.8 Å². The minimum atomic E-state index is -0.469. The van der Waals surface area contributed by atoms with E-state index in [4.69, 9.17) is 16.2 Å². The molecule has 1 aromatic heterocycles. The maximum Gasteiger partial charge on any atom is 0.248 e. The van der Waals surface area contributed by atoms with Crippen molar-refractivity contribution < 1.29 is 9.53 Å². The first kappa shape index (κ1) is 12.9. The fraction of sp³-hybridized carbons (Fsp3) is 0. The monoisotopic (exact) mass is 279 g/mol. The van der Waals surface area contributed by atoms with Crippen molar-refractivity contribution in [1.82, 2.24) is 4.98 Å². The number of fused-ring (bicyclic) bond motifs is 1. The first-order valence-corrected chi connectivity index (χ1v) is 6.35. The van der Waals surface area contributed by atoms with Gasteiger partial charge < -0.3 is 16.2 Å². The van der Waals surface area contributed by atoms with Crippen LogP contribution in [0.4, 0.5) is 5.69 Å². The van der Waals surface area contributed by atoms with Crippen LogP contribution in [0.25, 0.3) is 10.8 Å². The molecule has 3 rings (SSSR count). The average Bonchev–Trinajstić information content (AvgIpc) is 2.51. The van der Waals surface area contributed by atoms with E-state index in [1.54, 1.807) is 48.8 Å². The highest BCUT2D eigenvalue weighted by molar-refractivity contribution is 5.96. The van der Waals surface area contributed by atoms with Gasteiger partial charge in [-0.1, -0.05) is 0 Å². The molecule has 0 spiro atoms. The van der Waals surface area contributed by atoms with Gasteiger partial charge in [-0.2, -0.15) is 0 Å². The number of carbonyl (C=O) groups excluding carboxylic acids is 1. The highest BCUT2D eigenvalue weighted by atomic mass is 16.5. The summed E-state index contributed by atoms with van der Waals surface area (Å²) in [4.78, 5) is 15.1. The topological polar surface area (TPSA) is 91.2 Å². The van der Waals surface area contributed by atoms with Crippen molar-refractivity contribution in [1.29, 1.82) is 0 Å². The number of amides is 1. The molecule has 0 aliphatic carbocycles. The fourth-order valence-electron chi connectivity index (χ4n) is 2.09. The molecule has 0 aliphatic rings. The first-order chi connectivity index (χ1) is 10.1. The van der Waals surface area contributed by atoms with E-state index >= 15 is 0 Å². The van der Waals surface area contributed by atoms with Crippen molar-refractivity contribution in [2.75, 3.05) is 5.73 Å². The summed E-state index contributed by atoms with van der Waals surface area (Å²) in [5, 5.41) is 1.72. The van der Waals surface area contributed by atoms with E-state index in [9.17, 15) is 4.79 Å². The molecular weight excluding hydrogens is 266 g/mol. The smallest absolute Gasteiger partial charge is 0.248 e. The molecule has 0 atom stereocenters. The second-order valence-corrected chi connectivity index (χ2v) is 4.56. The van der Waals surface area contributed by atoms with Crippen molar-refractivity contribution in [2.45, 2.75) is 0 Å². The highest BCUT2D eigenvalue weighted by Crippen LogP contribution is 2.32. The van der Waals surface area contributed by atoms with Gasteiger partial charge in [0.2, 0.25) is 5.91 Å². The van der Waals surface area contributed by atoms with E-state index in [1.807, 2.05) is 6.07 Å². The molecule has 3 aromatic rings. The second kappa shape index (κ2) is 5.13. The lowest BCUT2D eigenvalue weighted by molar-refractivity contribution is 0.100. The normalized spacial score (nSPS) is 10.5. The summed E-state index contributed by atoms with van der Waals surface area (Å²) >= 11 is 0. The Kier molecular flexibility index (Phi) is 3.16. The van der Waals surface area contributed by atoms with Gasteiger partial charge >= 0.3 is 0 Å². The molecule has 1 heterocycles. The average molecular weight is 279 g/mol. The molecule has 0 saturated heterocycles. The number of carbonyl (C=O) groups is 1. The predicted molar refractivity (Wildman–Crippen MR) is 81.2 cm³/mol. The number of pyridine rings is 1. The first-order valence-electron chi connectivity index (χ1n) is 6.35. The number of anilines is 1. The summed E-state index contributed by atoms with van der Waals surface area (Å²) in [5.41, 5.74) is 12.2. The maximum atomic E-state index is 11.0. The minimum Gasteiger partial charge on any atom is -0.457 e. The van der Waals surface area contributed by atoms with Gasteiger partial charge in [0.15, 0.2) is 0 Å². The molecule has 1 amide bonds. The van der Waals surface area contributed by atoms with E-state index in [1.165, 1.54) is 0 Å². The molecule has 0 aliphatic heterocycles. The molecule has 0 saturated carbocycles. The SMILES string of the molecule is NC(=O)c1ccc(Oc2ccc(N)c3ccncc23)cc1. The third kappa shape index (κ3) is 2.49. The third-order valence-electron chi connectivity index (χ3n) is 3.18. The summed E-state index contributed by atoms with van der Waals surface area (Å²) in [7, 11) is 0. The zero-order valence-corrected chi connectivity index (χ0v) is 11.1. The zero-order chi connectivity index (χ0) is 14.8. The van der Waals surface area contributed by atoms with Crippen LogP contribution in [0.5, 0.6) is 11.5 Å². The van der Waals surface area contributed by atoms with Gasteiger partial charge in [0.1, 0.15) is 11.5 Å². The lowest BCUT2D eigenvalue weighted by Gasteiger charge is -2.10. The summed E-state index contributed by atoms with van der Waals surface area (Å²) < 4.78 is 5.83. The van der Waals surface area contributed by atoms with Crippen LogP contribution in [0.15, 0.2) is 54.9 Å². The molecule has 5 nitrogen and oxygen atoms in total. The quantitative estimate of drug-likeness (QED) is 0.721. The molecule has 2 aromatic carbocycles. The molecule has 0 unspecified atom stereocenters. The number of hydrogen-bond acceptors (Lipinski definition) is 4. The van der Waals surface area contributed by atoms with E-state index < -0.39 is 5.91 Å². The largest absolute Gasteiger partial charge is 0.457 e. The lowest BCUT2D eigenvalue weighted by atomic mass is 10.1. The molecule has 104 valence electrons. The lowest BCUT2D eigenvalue weighted by Crippen LogP contribution is -2.10. The zero-order valence-electron chi connectivity index (χ0n) is 11.1. The van der Waals surface area contributed by atoms with Crippen LogP contribution < -0.4 is 16.2 Å². The Labute approximate surface area is 121 Å². The van der Waals surface area contributed by atoms with Gasteiger partial charge in [-0.25, -0.2) is 0 Å². The van der Waals surface area contributed by atoms with Gasteiger partial charge in [0, 0.05) is 34.4 Å². The molecule has 4 N–H and O–H groups in total. The molecule has 0 fully saturated rings. The fourth-order valence-corrected chi connectivity index (χ4v) is 2.09. The number of aromatic nitrogens is 1. The second-order valence-electron chi connectivity index (χ2n) is 4.56. The third-order valence-corrected chi connectivity index (χ3v) is 3.18. The van der Waals surface area contributed by atoms with Crippen molar-refractivity contribution in [3.8, 4) is 11.5 Å². The summed E-state index contributed by atoms with van der Waals surface area (Å²) in [5.74, 6) is 0.790. The van der Waals surface area contributed by atoms with Crippen LogP contribution in [0.2, 0.25) is 0 Å². The van der Waals surface area contributed by atoms with Crippen LogP contribution in [-0.2, 0) is 0 Å². The number of nitrogens with two attached hydrogens (primary N) is 2. The van der Waals surface area contributed by atoms with Crippen molar-refractivity contribution in [2.24, 2.45) is 5.73 Å². The maximum absolute atomic E-state index is 11.0. The van der Waals surface area contributed by atoms with E-state index in [2.05, 4.69) is 4.98 Å². The number of nitrogens with zero attached hydrogens (tertiary/aromatic N) is 1.